The Morgan fingerprint density at radius 3 is 2.57 bits per heavy atom. The Labute approximate surface area is 138 Å². The molecule has 0 unspecified atom stereocenters. The number of fused-ring (bicyclic) bond motifs is 3. The third-order valence-electron chi connectivity index (χ3n) is 6.30. The molecule has 23 heavy (non-hydrogen) atoms. The Bertz CT molecular complexity index is 901. The summed E-state index contributed by atoms with van der Waals surface area (Å²) in [7, 11) is 2.22. The van der Waals surface area contributed by atoms with Crippen LogP contribution < -0.4 is 5.73 Å². The summed E-state index contributed by atoms with van der Waals surface area (Å²) in [6.45, 7) is 8.19. The Morgan fingerprint density at radius 1 is 1.09 bits per heavy atom. The number of hydrogen-bond donors (Lipinski definition) is 1. The minimum atomic E-state index is 0.405. The van der Waals surface area contributed by atoms with Crippen LogP contribution in [0.2, 0.25) is 0 Å². The standard InChI is InChI=1S/C21H26N2/c1-13-18(19-17(11-12-22)21(19,2)3)16-10-9-14-7-5-6-8-15(14)20(16)23(13)4/h5-10,17,19H,11-12,22H2,1-4H3/p+1/t17-,19-/m1/s1. The number of aryl methyl sites for hydroxylation is 1. The van der Waals surface area contributed by atoms with E-state index in [-0.39, 0.29) is 0 Å². The molecule has 4 rings (SSSR count). The van der Waals surface area contributed by atoms with Crippen molar-refractivity contribution in [2.45, 2.75) is 33.1 Å². The third-order valence-corrected chi connectivity index (χ3v) is 6.30. The van der Waals surface area contributed by atoms with Crippen LogP contribution in [0.5, 0.6) is 0 Å². The second kappa shape index (κ2) is 4.85. The molecule has 0 amide bonds. The number of hydrogen-bond acceptors (Lipinski definition) is 0. The smallest absolute Gasteiger partial charge is 0.0742 e. The van der Waals surface area contributed by atoms with Crippen molar-refractivity contribution in [1.82, 2.24) is 4.57 Å². The molecule has 1 fully saturated rings. The van der Waals surface area contributed by atoms with Gasteiger partial charge < -0.3 is 10.3 Å². The molecule has 2 heteroatoms. The Hall–Kier alpha value is -1.80. The normalized spacial score (nSPS) is 22.8. The predicted octanol–water partition coefficient (Wildman–Crippen LogP) is 4.01. The van der Waals surface area contributed by atoms with Crippen LogP contribution in [-0.4, -0.2) is 11.1 Å². The molecule has 0 aliphatic heterocycles. The van der Waals surface area contributed by atoms with E-state index in [1.165, 1.54) is 33.8 Å². The van der Waals surface area contributed by atoms with Crippen molar-refractivity contribution >= 4 is 21.7 Å². The third kappa shape index (κ3) is 1.91. The molecule has 120 valence electrons. The van der Waals surface area contributed by atoms with Gasteiger partial charge in [0.05, 0.1) is 12.1 Å². The second-order valence-electron chi connectivity index (χ2n) is 7.79. The molecule has 3 aromatic rings. The van der Waals surface area contributed by atoms with Gasteiger partial charge in [-0.2, -0.15) is 0 Å². The number of quaternary nitrogens is 1. The van der Waals surface area contributed by atoms with Crippen LogP contribution in [0.25, 0.3) is 21.7 Å². The van der Waals surface area contributed by atoms with Crippen LogP contribution in [0.1, 0.15) is 37.4 Å². The molecule has 2 aromatic carbocycles. The van der Waals surface area contributed by atoms with E-state index in [4.69, 9.17) is 0 Å². The van der Waals surface area contributed by atoms with Gasteiger partial charge in [0.15, 0.2) is 0 Å². The number of rotatable bonds is 3. The molecule has 0 bridgehead atoms. The van der Waals surface area contributed by atoms with Gasteiger partial charge in [-0.3, -0.25) is 0 Å². The zero-order chi connectivity index (χ0) is 16.4. The summed E-state index contributed by atoms with van der Waals surface area (Å²) in [6.07, 6.45) is 1.24. The van der Waals surface area contributed by atoms with Crippen molar-refractivity contribution in [2.75, 3.05) is 6.54 Å². The van der Waals surface area contributed by atoms with Crippen LogP contribution in [0.4, 0.5) is 0 Å². The highest BCUT2D eigenvalue weighted by Gasteiger charge is 2.58. The molecule has 3 N–H and O–H groups in total. The van der Waals surface area contributed by atoms with Gasteiger partial charge in [0, 0.05) is 29.9 Å². The highest BCUT2D eigenvalue weighted by molar-refractivity contribution is 6.07. The molecule has 1 aliphatic rings. The van der Waals surface area contributed by atoms with Crippen molar-refractivity contribution in [3.05, 3.63) is 47.7 Å². The molecule has 1 aromatic heterocycles. The molecule has 0 spiro atoms. The maximum absolute atomic E-state index is 4.09. The Balaban J connectivity index is 1.99. The first-order valence-corrected chi connectivity index (χ1v) is 8.74. The zero-order valence-corrected chi connectivity index (χ0v) is 14.7. The lowest BCUT2D eigenvalue weighted by Gasteiger charge is -2.04. The van der Waals surface area contributed by atoms with Crippen LogP contribution in [0.15, 0.2) is 36.4 Å². The van der Waals surface area contributed by atoms with Gasteiger partial charge in [-0.05, 0) is 35.1 Å². The summed E-state index contributed by atoms with van der Waals surface area (Å²) in [6, 6.07) is 13.4. The summed E-state index contributed by atoms with van der Waals surface area (Å²) in [5, 5.41) is 4.15. The van der Waals surface area contributed by atoms with Gasteiger partial charge in [-0.25, -0.2) is 0 Å². The van der Waals surface area contributed by atoms with Gasteiger partial charge in [-0.1, -0.05) is 50.2 Å². The van der Waals surface area contributed by atoms with Gasteiger partial charge in [0.25, 0.3) is 0 Å². The molecule has 2 nitrogen and oxygen atoms in total. The number of aromatic nitrogens is 1. The van der Waals surface area contributed by atoms with E-state index in [1.807, 2.05) is 0 Å². The van der Waals surface area contributed by atoms with Crippen molar-refractivity contribution in [1.29, 1.82) is 0 Å². The van der Waals surface area contributed by atoms with Crippen molar-refractivity contribution < 1.29 is 5.73 Å². The quantitative estimate of drug-likeness (QED) is 0.758. The molecule has 0 saturated heterocycles. The first-order chi connectivity index (χ1) is 11.0. The molecule has 2 atom stereocenters. The topological polar surface area (TPSA) is 32.6 Å². The lowest BCUT2D eigenvalue weighted by molar-refractivity contribution is -0.369. The first-order valence-electron chi connectivity index (χ1n) is 8.74. The minimum Gasteiger partial charge on any atom is -0.358 e. The van der Waals surface area contributed by atoms with Gasteiger partial charge >= 0.3 is 0 Å². The largest absolute Gasteiger partial charge is 0.358 e. The van der Waals surface area contributed by atoms with Gasteiger partial charge in [0.1, 0.15) is 0 Å². The van der Waals surface area contributed by atoms with Crippen LogP contribution in [0, 0.1) is 18.3 Å². The van der Waals surface area contributed by atoms with Gasteiger partial charge in [-0.15, -0.1) is 0 Å². The zero-order valence-electron chi connectivity index (χ0n) is 14.7. The average molecular weight is 307 g/mol. The maximum atomic E-state index is 4.09. The van der Waals surface area contributed by atoms with E-state index < -0.39 is 0 Å². The monoisotopic (exact) mass is 307 g/mol. The van der Waals surface area contributed by atoms with E-state index in [9.17, 15) is 0 Å². The summed E-state index contributed by atoms with van der Waals surface area (Å²) in [4.78, 5) is 0. The maximum Gasteiger partial charge on any atom is 0.0742 e. The van der Waals surface area contributed by atoms with Crippen LogP contribution in [0.3, 0.4) is 0 Å². The summed E-state index contributed by atoms with van der Waals surface area (Å²) in [5.74, 6) is 1.45. The average Bonchev–Trinajstić information content (AvgIpc) is 2.96. The second-order valence-corrected chi connectivity index (χ2v) is 7.79. The molecule has 1 saturated carbocycles. The summed E-state index contributed by atoms with van der Waals surface area (Å²) < 4.78 is 2.41. The predicted molar refractivity (Wildman–Crippen MR) is 97.5 cm³/mol. The molecular formula is C21H27N2+. The molecule has 0 radical (unpaired) electrons. The number of nitrogens with zero attached hydrogens (tertiary/aromatic N) is 1. The van der Waals surface area contributed by atoms with E-state index in [1.54, 1.807) is 5.56 Å². The Kier molecular flexibility index (Phi) is 3.11. The first kappa shape index (κ1) is 14.8. The summed E-state index contributed by atoms with van der Waals surface area (Å²) in [5.41, 5.74) is 8.90. The van der Waals surface area contributed by atoms with E-state index in [2.05, 4.69) is 74.5 Å². The lowest BCUT2D eigenvalue weighted by Crippen LogP contribution is -2.50. The van der Waals surface area contributed by atoms with Crippen LogP contribution >= 0.6 is 0 Å². The molecular weight excluding hydrogens is 280 g/mol. The summed E-state index contributed by atoms with van der Waals surface area (Å²) >= 11 is 0. The lowest BCUT2D eigenvalue weighted by atomic mass is 9.98. The fourth-order valence-corrected chi connectivity index (χ4v) is 4.85. The molecule has 1 aliphatic carbocycles. The van der Waals surface area contributed by atoms with Crippen molar-refractivity contribution in [2.24, 2.45) is 18.4 Å². The van der Waals surface area contributed by atoms with Crippen molar-refractivity contribution in [3.63, 3.8) is 0 Å². The minimum absolute atomic E-state index is 0.405. The number of benzene rings is 2. The molecule has 1 heterocycles. The van der Waals surface area contributed by atoms with Crippen molar-refractivity contribution in [3.8, 4) is 0 Å². The van der Waals surface area contributed by atoms with Gasteiger partial charge in [0.2, 0.25) is 0 Å². The van der Waals surface area contributed by atoms with E-state index in [0.29, 0.717) is 11.3 Å². The van der Waals surface area contributed by atoms with E-state index >= 15 is 0 Å². The van der Waals surface area contributed by atoms with Crippen LogP contribution in [-0.2, 0) is 7.05 Å². The van der Waals surface area contributed by atoms with E-state index in [0.717, 1.165) is 12.5 Å². The fourth-order valence-electron chi connectivity index (χ4n) is 4.85. The SMILES string of the molecule is Cc1c([C@H]2[C@@H](CC[NH3+])C2(C)C)c2ccc3ccccc3c2n1C. The highest BCUT2D eigenvalue weighted by Crippen LogP contribution is 2.67. The highest BCUT2D eigenvalue weighted by atomic mass is 15.0. The fraction of sp³-hybridized carbons (Fsp3) is 0.429. The Morgan fingerprint density at radius 2 is 1.83 bits per heavy atom.